The molecule has 3 heterocycles. The van der Waals surface area contributed by atoms with Crippen molar-refractivity contribution in [3.05, 3.63) is 48.3 Å². The van der Waals surface area contributed by atoms with Crippen LogP contribution in [-0.2, 0) is 11.2 Å². The molecule has 3 nitrogen and oxygen atoms in total. The van der Waals surface area contributed by atoms with E-state index < -0.39 is 0 Å². The van der Waals surface area contributed by atoms with E-state index in [0.717, 1.165) is 30.6 Å². The molecule has 0 unspecified atom stereocenters. The number of rotatable bonds is 3. The van der Waals surface area contributed by atoms with Crippen molar-refractivity contribution in [2.24, 2.45) is 0 Å². The van der Waals surface area contributed by atoms with Crippen LogP contribution in [0.2, 0.25) is 0 Å². The third-order valence-corrected chi connectivity index (χ3v) is 3.41. The largest absolute Gasteiger partial charge is 0.472 e. The van der Waals surface area contributed by atoms with Crippen molar-refractivity contribution in [1.29, 1.82) is 0 Å². The van der Waals surface area contributed by atoms with Crippen LogP contribution in [0.5, 0.6) is 0 Å². The topological polar surface area (TPSA) is 35.5 Å². The van der Waals surface area contributed by atoms with E-state index in [1.165, 1.54) is 0 Å². The molecule has 90 valence electrons. The van der Waals surface area contributed by atoms with E-state index in [2.05, 4.69) is 6.92 Å². The van der Waals surface area contributed by atoms with E-state index in [4.69, 9.17) is 13.6 Å². The standard InChI is InChI=1S/C14H16O3/c1-14(9-12-3-2-7-16-12)6-4-13(17-14)11-5-8-15-10-11/h2-3,5,7-8,10,13H,4,6,9H2,1H3/t13-,14-/m1/s1. The average Bonchev–Trinajstić information content (AvgIpc) is 2.98. The smallest absolute Gasteiger partial charge is 0.106 e. The summed E-state index contributed by atoms with van der Waals surface area (Å²) >= 11 is 0. The lowest BCUT2D eigenvalue weighted by atomic mass is 9.96. The predicted molar refractivity (Wildman–Crippen MR) is 62.6 cm³/mol. The van der Waals surface area contributed by atoms with E-state index in [1.54, 1.807) is 18.8 Å². The fourth-order valence-corrected chi connectivity index (χ4v) is 2.50. The Balaban J connectivity index is 1.70. The molecule has 0 aromatic carbocycles. The molecule has 0 amide bonds. The molecule has 1 aliphatic heterocycles. The molecular weight excluding hydrogens is 216 g/mol. The number of furan rings is 2. The van der Waals surface area contributed by atoms with Crippen molar-refractivity contribution < 1.29 is 13.6 Å². The molecule has 0 radical (unpaired) electrons. The molecule has 2 atom stereocenters. The maximum absolute atomic E-state index is 6.15. The SMILES string of the molecule is C[C@]1(Cc2ccco2)CC[C@H](c2ccoc2)O1. The fraction of sp³-hybridized carbons (Fsp3) is 0.429. The minimum Gasteiger partial charge on any atom is -0.472 e. The van der Waals surface area contributed by atoms with Gasteiger partial charge in [0, 0.05) is 12.0 Å². The Labute approximate surface area is 100 Å². The summed E-state index contributed by atoms with van der Waals surface area (Å²) in [5, 5.41) is 0. The van der Waals surface area contributed by atoms with E-state index >= 15 is 0 Å². The minimum absolute atomic E-state index is 0.125. The molecule has 2 aromatic heterocycles. The van der Waals surface area contributed by atoms with E-state index in [9.17, 15) is 0 Å². The van der Waals surface area contributed by atoms with Crippen molar-refractivity contribution in [3.63, 3.8) is 0 Å². The molecule has 3 rings (SSSR count). The zero-order chi connectivity index (χ0) is 11.7. The second-order valence-electron chi connectivity index (χ2n) is 4.91. The molecule has 1 aliphatic rings. The summed E-state index contributed by atoms with van der Waals surface area (Å²) in [6.07, 6.45) is 8.24. The number of hydrogen-bond donors (Lipinski definition) is 0. The molecule has 3 heteroatoms. The Kier molecular flexibility index (Phi) is 2.56. The van der Waals surface area contributed by atoms with Crippen LogP contribution in [0.1, 0.15) is 37.2 Å². The summed E-state index contributed by atoms with van der Waals surface area (Å²) in [7, 11) is 0. The normalized spacial score (nSPS) is 28.6. The van der Waals surface area contributed by atoms with Gasteiger partial charge in [0.2, 0.25) is 0 Å². The van der Waals surface area contributed by atoms with Gasteiger partial charge in [-0.2, -0.15) is 0 Å². The highest BCUT2D eigenvalue weighted by molar-refractivity contribution is 5.13. The average molecular weight is 232 g/mol. The minimum atomic E-state index is -0.125. The van der Waals surface area contributed by atoms with Gasteiger partial charge in [0.1, 0.15) is 5.76 Å². The van der Waals surface area contributed by atoms with Gasteiger partial charge in [0.25, 0.3) is 0 Å². The Morgan fingerprint density at radius 3 is 3.00 bits per heavy atom. The van der Waals surface area contributed by atoms with Crippen LogP contribution < -0.4 is 0 Å². The van der Waals surface area contributed by atoms with Crippen molar-refractivity contribution >= 4 is 0 Å². The maximum Gasteiger partial charge on any atom is 0.106 e. The summed E-state index contributed by atoms with van der Waals surface area (Å²) < 4.78 is 16.6. The van der Waals surface area contributed by atoms with Crippen molar-refractivity contribution in [2.45, 2.75) is 37.9 Å². The van der Waals surface area contributed by atoms with Crippen molar-refractivity contribution in [2.75, 3.05) is 0 Å². The molecule has 0 spiro atoms. The molecule has 2 aromatic rings. The Hall–Kier alpha value is -1.48. The second kappa shape index (κ2) is 4.08. The summed E-state index contributed by atoms with van der Waals surface area (Å²) in [4.78, 5) is 0. The quantitative estimate of drug-likeness (QED) is 0.809. The molecular formula is C14H16O3. The van der Waals surface area contributed by atoms with Gasteiger partial charge in [-0.05, 0) is 38.0 Å². The van der Waals surface area contributed by atoms with Crippen LogP contribution in [0.3, 0.4) is 0 Å². The lowest BCUT2D eigenvalue weighted by Crippen LogP contribution is -2.26. The molecule has 0 N–H and O–H groups in total. The van der Waals surface area contributed by atoms with Gasteiger partial charge < -0.3 is 13.6 Å². The lowest BCUT2D eigenvalue weighted by Gasteiger charge is -2.23. The molecule has 17 heavy (non-hydrogen) atoms. The Bertz CT molecular complexity index is 458. The first-order valence-electron chi connectivity index (χ1n) is 5.97. The van der Waals surface area contributed by atoms with Crippen LogP contribution in [0.4, 0.5) is 0 Å². The molecule has 0 saturated carbocycles. The summed E-state index contributed by atoms with van der Waals surface area (Å²) in [6.45, 7) is 2.15. The van der Waals surface area contributed by atoms with Crippen LogP contribution in [0.25, 0.3) is 0 Å². The molecule has 1 fully saturated rings. The lowest BCUT2D eigenvalue weighted by molar-refractivity contribution is -0.0319. The Morgan fingerprint density at radius 2 is 2.29 bits per heavy atom. The van der Waals surface area contributed by atoms with Crippen LogP contribution in [-0.4, -0.2) is 5.60 Å². The highest BCUT2D eigenvalue weighted by atomic mass is 16.5. The zero-order valence-corrected chi connectivity index (χ0v) is 9.89. The molecule has 0 bridgehead atoms. The number of hydrogen-bond acceptors (Lipinski definition) is 3. The third kappa shape index (κ3) is 2.15. The second-order valence-corrected chi connectivity index (χ2v) is 4.91. The van der Waals surface area contributed by atoms with E-state index in [0.29, 0.717) is 0 Å². The first-order valence-corrected chi connectivity index (χ1v) is 5.97. The van der Waals surface area contributed by atoms with Gasteiger partial charge in [-0.1, -0.05) is 0 Å². The monoisotopic (exact) mass is 232 g/mol. The summed E-state index contributed by atoms with van der Waals surface area (Å²) in [6, 6.07) is 5.89. The third-order valence-electron chi connectivity index (χ3n) is 3.41. The highest BCUT2D eigenvalue weighted by Crippen LogP contribution is 2.41. The first-order chi connectivity index (χ1) is 8.25. The van der Waals surface area contributed by atoms with Crippen LogP contribution >= 0.6 is 0 Å². The van der Waals surface area contributed by atoms with Crippen molar-refractivity contribution in [3.8, 4) is 0 Å². The fourth-order valence-electron chi connectivity index (χ4n) is 2.50. The van der Waals surface area contributed by atoms with Gasteiger partial charge in [-0.15, -0.1) is 0 Å². The van der Waals surface area contributed by atoms with Crippen LogP contribution in [0, 0.1) is 0 Å². The van der Waals surface area contributed by atoms with Crippen LogP contribution in [0.15, 0.2) is 45.8 Å². The summed E-state index contributed by atoms with van der Waals surface area (Å²) in [5.41, 5.74) is 1.01. The van der Waals surface area contributed by atoms with E-state index in [-0.39, 0.29) is 11.7 Å². The molecule has 0 aliphatic carbocycles. The van der Waals surface area contributed by atoms with Gasteiger partial charge in [0.15, 0.2) is 0 Å². The first kappa shape index (κ1) is 10.7. The maximum atomic E-state index is 6.15. The van der Waals surface area contributed by atoms with Gasteiger partial charge >= 0.3 is 0 Å². The molecule has 1 saturated heterocycles. The number of ether oxygens (including phenoxy) is 1. The van der Waals surface area contributed by atoms with Gasteiger partial charge in [-0.25, -0.2) is 0 Å². The zero-order valence-electron chi connectivity index (χ0n) is 9.89. The van der Waals surface area contributed by atoms with Gasteiger partial charge in [-0.3, -0.25) is 0 Å². The highest BCUT2D eigenvalue weighted by Gasteiger charge is 2.37. The van der Waals surface area contributed by atoms with E-state index in [1.807, 2.05) is 18.2 Å². The predicted octanol–water partition coefficient (Wildman–Crippen LogP) is 3.73. The van der Waals surface area contributed by atoms with Crippen molar-refractivity contribution in [1.82, 2.24) is 0 Å². The Morgan fingerprint density at radius 1 is 1.35 bits per heavy atom. The van der Waals surface area contributed by atoms with Gasteiger partial charge in [0.05, 0.1) is 30.5 Å². The summed E-state index contributed by atoms with van der Waals surface area (Å²) in [5.74, 6) is 0.986.